The van der Waals surface area contributed by atoms with E-state index in [1.165, 1.54) is 6.07 Å². The van der Waals surface area contributed by atoms with Gasteiger partial charge in [0, 0.05) is 68.7 Å². The van der Waals surface area contributed by atoms with Gasteiger partial charge >= 0.3 is 0 Å². The lowest BCUT2D eigenvalue weighted by atomic mass is 10.00. The third-order valence-corrected chi connectivity index (χ3v) is 6.29. The molecule has 2 aromatic rings. The molecule has 1 atom stereocenters. The molecule has 0 aromatic heterocycles. The number of hydrogen-bond acceptors (Lipinski definition) is 6. The number of piperazine rings is 1. The number of nitro benzene ring substituents is 1. The Morgan fingerprint density at radius 2 is 1.90 bits per heavy atom. The lowest BCUT2D eigenvalue weighted by molar-refractivity contribution is -0.384. The summed E-state index contributed by atoms with van der Waals surface area (Å²) in [6, 6.07) is 10.5. The molecule has 0 N–H and O–H groups in total. The molecule has 2 saturated heterocycles. The molecule has 4 rings (SSSR count). The molecule has 0 spiro atoms. The molecule has 0 bridgehead atoms. The minimum atomic E-state index is -0.412. The number of likely N-dealkylation sites (N-methyl/N-ethyl adjacent to an activating group) is 1. The highest BCUT2D eigenvalue weighted by Gasteiger charge is 2.22. The van der Waals surface area contributed by atoms with Crippen LogP contribution in [0.5, 0.6) is 0 Å². The Balaban J connectivity index is 1.61. The predicted molar refractivity (Wildman–Crippen MR) is 119 cm³/mol. The van der Waals surface area contributed by atoms with E-state index in [9.17, 15) is 10.1 Å². The van der Waals surface area contributed by atoms with E-state index in [0.717, 1.165) is 44.0 Å². The molecule has 2 aromatic carbocycles. The van der Waals surface area contributed by atoms with Crippen molar-refractivity contribution in [3.05, 3.63) is 57.9 Å². The molecule has 2 aliphatic rings. The highest BCUT2D eigenvalue weighted by molar-refractivity contribution is 5.70. The Bertz CT molecular complexity index is 948. The van der Waals surface area contributed by atoms with Crippen LogP contribution >= 0.6 is 0 Å². The van der Waals surface area contributed by atoms with Crippen molar-refractivity contribution in [1.82, 2.24) is 9.80 Å². The number of morpholine rings is 1. The van der Waals surface area contributed by atoms with Gasteiger partial charge in [-0.1, -0.05) is 0 Å². The number of hydrogen-bond donors (Lipinski definition) is 0. The Hall–Kier alpha value is -2.55. The molecule has 8 heteroatoms. The number of anilines is 1. The first-order chi connectivity index (χ1) is 14.9. The van der Waals surface area contributed by atoms with Crippen molar-refractivity contribution in [3.63, 3.8) is 0 Å². The van der Waals surface area contributed by atoms with Crippen molar-refractivity contribution in [1.29, 1.82) is 0 Å². The smallest absolute Gasteiger partial charge is 0.270 e. The van der Waals surface area contributed by atoms with Crippen molar-refractivity contribution in [2.45, 2.75) is 19.5 Å². The normalized spacial score (nSPS) is 20.7. The van der Waals surface area contributed by atoms with Crippen LogP contribution in [0.15, 0.2) is 36.4 Å². The number of rotatable bonds is 5. The van der Waals surface area contributed by atoms with Gasteiger partial charge in [0.05, 0.1) is 18.1 Å². The monoisotopic (exact) mass is 428 g/mol. The van der Waals surface area contributed by atoms with Crippen LogP contribution in [-0.4, -0.2) is 73.8 Å². The van der Waals surface area contributed by atoms with Crippen LogP contribution in [0.3, 0.4) is 0 Å². The number of non-ortho nitro benzene ring substituents is 1. The molecule has 166 valence electrons. The summed E-state index contributed by atoms with van der Waals surface area (Å²) >= 11 is 0. The second-order valence-electron chi connectivity index (χ2n) is 8.47. The van der Waals surface area contributed by atoms with Gasteiger partial charge in [-0.15, -0.1) is 0 Å². The molecule has 0 radical (unpaired) electrons. The number of halogens is 1. The molecule has 2 fully saturated rings. The molecule has 0 amide bonds. The first kappa shape index (κ1) is 21.7. The van der Waals surface area contributed by atoms with Gasteiger partial charge in [0.25, 0.3) is 5.69 Å². The van der Waals surface area contributed by atoms with Crippen LogP contribution in [0, 0.1) is 15.9 Å². The van der Waals surface area contributed by atoms with Crippen molar-refractivity contribution < 1.29 is 14.1 Å². The minimum absolute atomic E-state index is 0.0165. The van der Waals surface area contributed by atoms with E-state index in [2.05, 4.69) is 28.7 Å². The van der Waals surface area contributed by atoms with Gasteiger partial charge in [-0.25, -0.2) is 4.39 Å². The predicted octanol–water partition coefficient (Wildman–Crippen LogP) is 3.37. The van der Waals surface area contributed by atoms with Crippen LogP contribution < -0.4 is 4.90 Å². The van der Waals surface area contributed by atoms with Gasteiger partial charge < -0.3 is 14.5 Å². The topological polar surface area (TPSA) is 62.1 Å². The van der Waals surface area contributed by atoms with Gasteiger partial charge in [-0.2, -0.15) is 0 Å². The van der Waals surface area contributed by atoms with E-state index in [1.54, 1.807) is 18.2 Å². The Labute approximate surface area is 182 Å². The van der Waals surface area contributed by atoms with Crippen LogP contribution in [0.25, 0.3) is 11.1 Å². The second kappa shape index (κ2) is 9.30. The summed E-state index contributed by atoms with van der Waals surface area (Å²) in [6.07, 6.45) is 0. The lowest BCUT2D eigenvalue weighted by Gasteiger charge is -2.39. The molecular formula is C23H29FN4O3. The van der Waals surface area contributed by atoms with E-state index >= 15 is 4.39 Å². The second-order valence-corrected chi connectivity index (χ2v) is 8.47. The molecule has 2 heterocycles. The van der Waals surface area contributed by atoms with Crippen molar-refractivity contribution >= 4 is 11.4 Å². The Morgan fingerprint density at radius 1 is 1.13 bits per heavy atom. The first-order valence-electron chi connectivity index (χ1n) is 10.7. The van der Waals surface area contributed by atoms with Crippen LogP contribution in [0.1, 0.15) is 12.5 Å². The SMILES string of the molecule is CC1CN(c2ccc(-c3cc(CN4CCOCC4)cc([N+](=O)[O-])c3)c(F)c2)CCN1C. The third-order valence-electron chi connectivity index (χ3n) is 6.29. The molecule has 0 aliphatic carbocycles. The van der Waals surface area contributed by atoms with Crippen LogP contribution in [0.2, 0.25) is 0 Å². The van der Waals surface area contributed by atoms with E-state index in [0.29, 0.717) is 36.9 Å². The average Bonchev–Trinajstić information content (AvgIpc) is 2.76. The summed E-state index contributed by atoms with van der Waals surface area (Å²) in [4.78, 5) is 17.8. The van der Waals surface area contributed by atoms with E-state index < -0.39 is 4.92 Å². The Morgan fingerprint density at radius 3 is 2.58 bits per heavy atom. The summed E-state index contributed by atoms with van der Waals surface area (Å²) in [7, 11) is 2.10. The summed E-state index contributed by atoms with van der Waals surface area (Å²) in [5.41, 5.74) is 2.56. The molecule has 2 aliphatic heterocycles. The van der Waals surface area contributed by atoms with Gasteiger partial charge in [0.2, 0.25) is 0 Å². The zero-order chi connectivity index (χ0) is 22.0. The van der Waals surface area contributed by atoms with Gasteiger partial charge in [-0.3, -0.25) is 15.0 Å². The maximum Gasteiger partial charge on any atom is 0.270 e. The quantitative estimate of drug-likeness (QED) is 0.538. The maximum absolute atomic E-state index is 15.2. The third kappa shape index (κ3) is 5.03. The fourth-order valence-corrected chi connectivity index (χ4v) is 4.26. The fourth-order valence-electron chi connectivity index (χ4n) is 4.26. The van der Waals surface area contributed by atoms with E-state index in [1.807, 2.05) is 12.1 Å². The summed E-state index contributed by atoms with van der Waals surface area (Å²) in [5, 5.41) is 11.5. The molecule has 7 nitrogen and oxygen atoms in total. The molecule has 31 heavy (non-hydrogen) atoms. The standard InChI is InChI=1S/C23H29FN4O3/c1-17-15-27(6-5-25(17)2)20-3-4-22(23(24)14-20)19-11-18(12-21(13-19)28(29)30)16-26-7-9-31-10-8-26/h3-4,11-14,17H,5-10,15-16H2,1-2H3. The average molecular weight is 429 g/mol. The summed E-state index contributed by atoms with van der Waals surface area (Å²) in [6.45, 7) is 8.24. The van der Waals surface area contributed by atoms with Crippen molar-refractivity contribution in [3.8, 4) is 11.1 Å². The number of ether oxygens (including phenoxy) is 1. The van der Waals surface area contributed by atoms with E-state index in [4.69, 9.17) is 4.74 Å². The fraction of sp³-hybridized carbons (Fsp3) is 0.478. The van der Waals surface area contributed by atoms with Gasteiger partial charge in [-0.05, 0) is 49.4 Å². The minimum Gasteiger partial charge on any atom is -0.379 e. The van der Waals surface area contributed by atoms with E-state index in [-0.39, 0.29) is 11.5 Å². The largest absolute Gasteiger partial charge is 0.379 e. The molecular weight excluding hydrogens is 399 g/mol. The maximum atomic E-state index is 15.2. The number of benzene rings is 2. The molecule has 0 saturated carbocycles. The van der Waals surface area contributed by atoms with Gasteiger partial charge in [0.15, 0.2) is 0 Å². The summed E-state index contributed by atoms with van der Waals surface area (Å²) < 4.78 is 20.5. The highest BCUT2D eigenvalue weighted by atomic mass is 19.1. The van der Waals surface area contributed by atoms with Crippen molar-refractivity contribution in [2.75, 3.05) is 57.9 Å². The highest BCUT2D eigenvalue weighted by Crippen LogP contribution is 2.31. The summed E-state index contributed by atoms with van der Waals surface area (Å²) in [5.74, 6) is -0.359. The zero-order valence-corrected chi connectivity index (χ0v) is 18.1. The first-order valence-corrected chi connectivity index (χ1v) is 10.7. The number of nitrogens with zero attached hydrogens (tertiary/aromatic N) is 4. The number of nitro groups is 1. The van der Waals surface area contributed by atoms with Gasteiger partial charge in [0.1, 0.15) is 5.82 Å². The zero-order valence-electron chi connectivity index (χ0n) is 18.1. The molecule has 1 unspecified atom stereocenters. The van der Waals surface area contributed by atoms with Crippen LogP contribution in [0.4, 0.5) is 15.8 Å². The Kier molecular flexibility index (Phi) is 6.50. The lowest BCUT2D eigenvalue weighted by Crippen LogP contribution is -2.50. The van der Waals surface area contributed by atoms with Crippen LogP contribution in [-0.2, 0) is 11.3 Å². The van der Waals surface area contributed by atoms with Crippen molar-refractivity contribution in [2.24, 2.45) is 0 Å².